The van der Waals surface area contributed by atoms with Gasteiger partial charge in [-0.25, -0.2) is 0 Å². The molecule has 0 unspecified atom stereocenters. The molecule has 2 aromatic rings. The Morgan fingerprint density at radius 1 is 1.28 bits per heavy atom. The lowest BCUT2D eigenvalue weighted by Gasteiger charge is -2.21. The summed E-state index contributed by atoms with van der Waals surface area (Å²) in [7, 11) is 0. The van der Waals surface area contributed by atoms with Gasteiger partial charge in [0, 0.05) is 24.7 Å². The highest BCUT2D eigenvalue weighted by Gasteiger charge is 2.29. The van der Waals surface area contributed by atoms with Gasteiger partial charge in [0.25, 0.3) is 0 Å². The largest absolute Gasteiger partial charge is 0.359 e. The molecule has 1 amide bonds. The molecule has 1 N–H and O–H groups in total. The van der Waals surface area contributed by atoms with Gasteiger partial charge in [-0.05, 0) is 68.8 Å². The Bertz CT molecular complexity index is 768. The summed E-state index contributed by atoms with van der Waals surface area (Å²) in [6.45, 7) is 3.70. The van der Waals surface area contributed by atoms with Crippen LogP contribution in [0.15, 0.2) is 28.8 Å². The lowest BCUT2D eigenvalue weighted by molar-refractivity contribution is -0.116. The number of carbonyl (C=O) groups is 1. The lowest BCUT2D eigenvalue weighted by atomic mass is 10.1. The van der Waals surface area contributed by atoms with Crippen LogP contribution >= 0.6 is 0 Å². The number of aromatic nitrogens is 1. The zero-order valence-corrected chi connectivity index (χ0v) is 14.8. The Morgan fingerprint density at radius 3 is 3.00 bits per heavy atom. The Labute approximate surface area is 148 Å². The summed E-state index contributed by atoms with van der Waals surface area (Å²) in [5.41, 5.74) is 4.66. The van der Waals surface area contributed by atoms with Crippen LogP contribution in [0.1, 0.15) is 54.3 Å². The number of benzene rings is 1. The summed E-state index contributed by atoms with van der Waals surface area (Å²) in [4.78, 5) is 14.7. The predicted molar refractivity (Wildman–Crippen MR) is 96.5 cm³/mol. The van der Waals surface area contributed by atoms with E-state index in [2.05, 4.69) is 27.5 Å². The van der Waals surface area contributed by atoms with Crippen molar-refractivity contribution in [2.75, 3.05) is 18.4 Å². The highest BCUT2D eigenvalue weighted by molar-refractivity contribution is 5.91. The fourth-order valence-corrected chi connectivity index (χ4v) is 4.07. The van der Waals surface area contributed by atoms with E-state index in [9.17, 15) is 4.79 Å². The number of rotatable bonds is 5. The zero-order valence-electron chi connectivity index (χ0n) is 14.8. The molecule has 2 heterocycles. The average Bonchev–Trinajstić information content (AvgIpc) is 3.32. The van der Waals surface area contributed by atoms with E-state index in [0.29, 0.717) is 6.42 Å². The molecule has 1 aromatic heterocycles. The van der Waals surface area contributed by atoms with Gasteiger partial charge in [-0.3, -0.25) is 9.69 Å². The first-order valence-corrected chi connectivity index (χ1v) is 9.28. The van der Waals surface area contributed by atoms with Crippen molar-refractivity contribution >= 4 is 11.6 Å². The topological polar surface area (TPSA) is 58.4 Å². The molecule has 5 heteroatoms. The van der Waals surface area contributed by atoms with Crippen LogP contribution in [0.4, 0.5) is 5.69 Å². The highest BCUT2D eigenvalue weighted by atomic mass is 16.5. The van der Waals surface area contributed by atoms with Crippen LogP contribution in [0, 0.1) is 6.92 Å². The molecule has 4 rings (SSSR count). The number of hydrogen-bond acceptors (Lipinski definition) is 4. The number of anilines is 1. The van der Waals surface area contributed by atoms with Crippen LogP contribution in [-0.4, -0.2) is 29.1 Å². The number of nitrogens with zero attached hydrogens (tertiary/aromatic N) is 2. The van der Waals surface area contributed by atoms with Crippen LogP contribution in [0.3, 0.4) is 0 Å². The van der Waals surface area contributed by atoms with Gasteiger partial charge in [0.2, 0.25) is 5.91 Å². The third-order valence-corrected chi connectivity index (χ3v) is 5.35. The van der Waals surface area contributed by atoms with Crippen molar-refractivity contribution < 1.29 is 9.32 Å². The molecule has 1 fully saturated rings. The average molecular weight is 339 g/mol. The first-order chi connectivity index (χ1) is 12.2. The molecule has 1 aromatic carbocycles. The molecule has 1 aliphatic carbocycles. The van der Waals surface area contributed by atoms with Crippen molar-refractivity contribution in [3.8, 4) is 0 Å². The Balaban J connectivity index is 1.32. The minimum Gasteiger partial charge on any atom is -0.359 e. The molecule has 5 nitrogen and oxygen atoms in total. The Kier molecular flexibility index (Phi) is 4.57. The maximum atomic E-state index is 12.3. The first-order valence-electron chi connectivity index (χ1n) is 9.28. The number of hydrogen-bond donors (Lipinski definition) is 1. The molecule has 0 spiro atoms. The summed E-state index contributed by atoms with van der Waals surface area (Å²) in [6.07, 6.45) is 6.23. The van der Waals surface area contributed by atoms with E-state index in [1.165, 1.54) is 24.0 Å². The SMILES string of the molecule is Cc1cc([C@@H]2CCCN2CCC(=O)Nc2ccc3c(c2)CCC3)on1. The lowest BCUT2D eigenvalue weighted by Crippen LogP contribution is -2.27. The van der Waals surface area contributed by atoms with Crippen molar-refractivity contribution in [2.45, 2.75) is 51.5 Å². The summed E-state index contributed by atoms with van der Waals surface area (Å²) in [6, 6.07) is 8.58. The molecule has 1 saturated heterocycles. The molecule has 0 radical (unpaired) electrons. The van der Waals surface area contributed by atoms with Crippen LogP contribution < -0.4 is 5.32 Å². The standard InChI is InChI=1S/C20H25N3O2/c1-14-12-19(25-22-14)18-6-3-10-23(18)11-9-20(24)21-17-8-7-15-4-2-5-16(15)13-17/h7-8,12-13,18H,2-6,9-11H2,1H3,(H,21,24)/t18-/m0/s1. The second kappa shape index (κ2) is 7.00. The van der Waals surface area contributed by atoms with E-state index in [-0.39, 0.29) is 11.9 Å². The van der Waals surface area contributed by atoms with Crippen molar-refractivity contribution in [3.63, 3.8) is 0 Å². The van der Waals surface area contributed by atoms with Crippen LogP contribution in [0.2, 0.25) is 0 Å². The highest BCUT2D eigenvalue weighted by Crippen LogP contribution is 2.32. The monoisotopic (exact) mass is 339 g/mol. The van der Waals surface area contributed by atoms with Gasteiger partial charge in [-0.2, -0.15) is 0 Å². The number of likely N-dealkylation sites (tertiary alicyclic amines) is 1. The molecule has 0 bridgehead atoms. The summed E-state index contributed by atoms with van der Waals surface area (Å²) < 4.78 is 5.43. The fraction of sp³-hybridized carbons (Fsp3) is 0.500. The molecule has 132 valence electrons. The second-order valence-corrected chi connectivity index (χ2v) is 7.20. The predicted octanol–water partition coefficient (Wildman–Crippen LogP) is 3.64. The maximum Gasteiger partial charge on any atom is 0.225 e. The molecule has 2 aliphatic rings. The van der Waals surface area contributed by atoms with E-state index < -0.39 is 0 Å². The van der Waals surface area contributed by atoms with Crippen LogP contribution in [-0.2, 0) is 17.6 Å². The second-order valence-electron chi connectivity index (χ2n) is 7.20. The number of aryl methyl sites for hydroxylation is 3. The van der Waals surface area contributed by atoms with Gasteiger partial charge in [-0.1, -0.05) is 11.2 Å². The number of amides is 1. The van der Waals surface area contributed by atoms with Crippen molar-refractivity contribution in [1.82, 2.24) is 10.1 Å². The van der Waals surface area contributed by atoms with Gasteiger partial charge in [0.1, 0.15) is 0 Å². The Hall–Kier alpha value is -2.14. The minimum absolute atomic E-state index is 0.0809. The van der Waals surface area contributed by atoms with Gasteiger partial charge in [0.15, 0.2) is 5.76 Å². The molecule has 0 saturated carbocycles. The Morgan fingerprint density at radius 2 is 2.16 bits per heavy atom. The quantitative estimate of drug-likeness (QED) is 0.903. The fourth-order valence-electron chi connectivity index (χ4n) is 4.07. The van der Waals surface area contributed by atoms with Crippen LogP contribution in [0.5, 0.6) is 0 Å². The molecular weight excluding hydrogens is 314 g/mol. The molecular formula is C20H25N3O2. The maximum absolute atomic E-state index is 12.3. The van der Waals surface area contributed by atoms with Crippen LogP contribution in [0.25, 0.3) is 0 Å². The van der Waals surface area contributed by atoms with Gasteiger partial charge >= 0.3 is 0 Å². The molecule has 1 atom stereocenters. The molecule has 1 aliphatic heterocycles. The van der Waals surface area contributed by atoms with Gasteiger partial charge in [-0.15, -0.1) is 0 Å². The third-order valence-electron chi connectivity index (χ3n) is 5.35. The van der Waals surface area contributed by atoms with E-state index in [1.54, 1.807) is 0 Å². The number of nitrogens with one attached hydrogen (secondary N) is 1. The van der Waals surface area contributed by atoms with E-state index in [4.69, 9.17) is 4.52 Å². The van der Waals surface area contributed by atoms with Crippen molar-refractivity contribution in [1.29, 1.82) is 0 Å². The summed E-state index contributed by atoms with van der Waals surface area (Å²) in [5, 5.41) is 7.05. The van der Waals surface area contributed by atoms with Crippen molar-refractivity contribution in [2.24, 2.45) is 0 Å². The van der Waals surface area contributed by atoms with E-state index in [0.717, 1.165) is 49.5 Å². The minimum atomic E-state index is 0.0809. The zero-order chi connectivity index (χ0) is 17.2. The summed E-state index contributed by atoms with van der Waals surface area (Å²) in [5.74, 6) is 1.01. The number of carbonyl (C=O) groups excluding carboxylic acids is 1. The van der Waals surface area contributed by atoms with E-state index in [1.807, 2.05) is 19.1 Å². The van der Waals surface area contributed by atoms with Gasteiger partial charge in [0.05, 0.1) is 11.7 Å². The summed E-state index contributed by atoms with van der Waals surface area (Å²) >= 11 is 0. The van der Waals surface area contributed by atoms with E-state index >= 15 is 0 Å². The normalized spacial score (nSPS) is 20.0. The third kappa shape index (κ3) is 3.61. The van der Waals surface area contributed by atoms with Gasteiger partial charge < -0.3 is 9.84 Å². The number of fused-ring (bicyclic) bond motifs is 1. The molecule has 25 heavy (non-hydrogen) atoms. The smallest absolute Gasteiger partial charge is 0.225 e. The first kappa shape index (κ1) is 16.3. The van der Waals surface area contributed by atoms with Crippen molar-refractivity contribution in [3.05, 3.63) is 46.8 Å².